The van der Waals surface area contributed by atoms with E-state index >= 15 is 0 Å². The highest BCUT2D eigenvalue weighted by molar-refractivity contribution is 7.09. The average Bonchev–Trinajstić information content (AvgIpc) is 2.89. The largest absolute Gasteiger partial charge is 0.418 e. The van der Waals surface area contributed by atoms with Gasteiger partial charge in [-0.05, 0) is 25.5 Å². The van der Waals surface area contributed by atoms with E-state index in [-0.39, 0.29) is 5.69 Å². The molecule has 0 aliphatic heterocycles. The second-order valence-corrected chi connectivity index (χ2v) is 5.85. The van der Waals surface area contributed by atoms with Crippen LogP contribution in [0.5, 0.6) is 0 Å². The van der Waals surface area contributed by atoms with E-state index in [1.165, 1.54) is 18.2 Å². The Kier molecular flexibility index (Phi) is 5.59. The number of nitrogens with one attached hydrogen (secondary N) is 2. The van der Waals surface area contributed by atoms with Crippen LogP contribution in [-0.4, -0.2) is 17.6 Å². The summed E-state index contributed by atoms with van der Waals surface area (Å²) >= 11 is 1.55. The van der Waals surface area contributed by atoms with Crippen LogP contribution in [0.3, 0.4) is 0 Å². The third-order valence-corrected chi connectivity index (χ3v) is 4.03. The van der Waals surface area contributed by atoms with E-state index in [2.05, 4.69) is 15.6 Å². The molecule has 0 saturated heterocycles. The van der Waals surface area contributed by atoms with Gasteiger partial charge >= 0.3 is 12.2 Å². The fourth-order valence-electron chi connectivity index (χ4n) is 1.96. The Morgan fingerprint density at radius 2 is 2.04 bits per heavy atom. The summed E-state index contributed by atoms with van der Waals surface area (Å²) in [5.41, 5.74) is -0.166. The Morgan fingerprint density at radius 1 is 1.30 bits per heavy atom. The van der Waals surface area contributed by atoms with Gasteiger partial charge in [-0.15, -0.1) is 11.3 Å². The van der Waals surface area contributed by atoms with Gasteiger partial charge in [0.15, 0.2) is 0 Å². The normalized spacial score (nSPS) is 11.3. The Bertz CT molecular complexity index is 670. The lowest BCUT2D eigenvalue weighted by molar-refractivity contribution is -0.136. The standard InChI is InChI=1S/C15H16F3N3OS/c1-10-9-23-13(20-10)7-4-8-19-14(22)21-12-6-3-2-5-11(12)15(16,17)18/h2-3,5-6,9H,4,7-8H2,1H3,(H2,19,21,22). The van der Waals surface area contributed by atoms with Gasteiger partial charge in [0.05, 0.1) is 16.3 Å². The summed E-state index contributed by atoms with van der Waals surface area (Å²) in [4.78, 5) is 16.0. The van der Waals surface area contributed by atoms with E-state index in [0.717, 1.165) is 23.2 Å². The quantitative estimate of drug-likeness (QED) is 0.799. The van der Waals surface area contributed by atoms with Crippen molar-refractivity contribution in [1.29, 1.82) is 0 Å². The fraction of sp³-hybridized carbons (Fsp3) is 0.333. The highest BCUT2D eigenvalue weighted by Crippen LogP contribution is 2.34. The summed E-state index contributed by atoms with van der Waals surface area (Å²) in [6.07, 6.45) is -3.12. The third-order valence-electron chi connectivity index (χ3n) is 3.00. The summed E-state index contributed by atoms with van der Waals surface area (Å²) < 4.78 is 38.5. The molecule has 2 rings (SSSR count). The predicted octanol–water partition coefficient (Wildman–Crippen LogP) is 4.22. The topological polar surface area (TPSA) is 54.0 Å². The molecule has 4 nitrogen and oxygen atoms in total. The number of urea groups is 1. The van der Waals surface area contributed by atoms with Gasteiger partial charge in [0.25, 0.3) is 0 Å². The number of benzene rings is 1. The zero-order valence-corrected chi connectivity index (χ0v) is 13.2. The van der Waals surface area contributed by atoms with Gasteiger partial charge < -0.3 is 10.6 Å². The van der Waals surface area contributed by atoms with Gasteiger partial charge in [-0.1, -0.05) is 12.1 Å². The zero-order valence-electron chi connectivity index (χ0n) is 12.4. The van der Waals surface area contributed by atoms with Crippen LogP contribution >= 0.6 is 11.3 Å². The Hall–Kier alpha value is -2.09. The number of rotatable bonds is 5. The van der Waals surface area contributed by atoms with Gasteiger partial charge in [0, 0.05) is 24.0 Å². The molecule has 1 heterocycles. The zero-order chi connectivity index (χ0) is 16.9. The number of halogens is 3. The lowest BCUT2D eigenvalue weighted by Gasteiger charge is -2.13. The number of aryl methyl sites for hydroxylation is 2. The molecular weight excluding hydrogens is 327 g/mol. The number of aromatic nitrogens is 1. The Balaban J connectivity index is 1.81. The van der Waals surface area contributed by atoms with Crippen molar-refractivity contribution in [2.45, 2.75) is 25.9 Å². The molecular formula is C15H16F3N3OS. The second kappa shape index (κ2) is 7.45. The van der Waals surface area contributed by atoms with Crippen LogP contribution in [0.25, 0.3) is 0 Å². The van der Waals surface area contributed by atoms with E-state index in [0.29, 0.717) is 13.0 Å². The van der Waals surface area contributed by atoms with Gasteiger partial charge in [-0.3, -0.25) is 0 Å². The van der Waals surface area contributed by atoms with E-state index in [9.17, 15) is 18.0 Å². The molecule has 1 aromatic heterocycles. The van der Waals surface area contributed by atoms with Crippen molar-refractivity contribution in [3.05, 3.63) is 45.9 Å². The molecule has 0 unspecified atom stereocenters. The minimum absolute atomic E-state index is 0.256. The predicted molar refractivity (Wildman–Crippen MR) is 83.6 cm³/mol. The van der Waals surface area contributed by atoms with Crippen molar-refractivity contribution in [2.24, 2.45) is 0 Å². The molecule has 1 aromatic carbocycles. The molecule has 0 spiro atoms. The minimum atomic E-state index is -4.51. The van der Waals surface area contributed by atoms with E-state index in [1.807, 2.05) is 12.3 Å². The van der Waals surface area contributed by atoms with Crippen LogP contribution in [0, 0.1) is 6.92 Å². The lowest BCUT2D eigenvalue weighted by atomic mass is 10.1. The molecule has 2 N–H and O–H groups in total. The number of hydrogen-bond acceptors (Lipinski definition) is 3. The fourth-order valence-corrected chi connectivity index (χ4v) is 2.78. The number of hydrogen-bond donors (Lipinski definition) is 2. The van der Waals surface area contributed by atoms with Crippen molar-refractivity contribution in [3.8, 4) is 0 Å². The van der Waals surface area contributed by atoms with Crippen molar-refractivity contribution < 1.29 is 18.0 Å². The van der Waals surface area contributed by atoms with Crippen LogP contribution in [0.1, 0.15) is 22.7 Å². The molecule has 0 atom stereocenters. The first-order chi connectivity index (χ1) is 10.9. The lowest BCUT2D eigenvalue weighted by Crippen LogP contribution is -2.30. The third kappa shape index (κ3) is 5.24. The molecule has 0 aliphatic carbocycles. The number of carbonyl (C=O) groups is 1. The van der Waals surface area contributed by atoms with Crippen molar-refractivity contribution in [3.63, 3.8) is 0 Å². The molecule has 2 aromatic rings. The summed E-state index contributed by atoms with van der Waals surface area (Å²) in [6.45, 7) is 2.27. The number of carbonyl (C=O) groups excluding carboxylic acids is 1. The number of anilines is 1. The van der Waals surface area contributed by atoms with Crippen molar-refractivity contribution in [2.75, 3.05) is 11.9 Å². The minimum Gasteiger partial charge on any atom is -0.338 e. The maximum absolute atomic E-state index is 12.8. The van der Waals surface area contributed by atoms with Crippen LogP contribution in [0.15, 0.2) is 29.6 Å². The van der Waals surface area contributed by atoms with Gasteiger partial charge in [0.1, 0.15) is 0 Å². The van der Waals surface area contributed by atoms with Crippen LogP contribution in [-0.2, 0) is 12.6 Å². The first-order valence-electron chi connectivity index (χ1n) is 6.98. The van der Waals surface area contributed by atoms with Crippen LogP contribution in [0.2, 0.25) is 0 Å². The molecule has 0 bridgehead atoms. The summed E-state index contributed by atoms with van der Waals surface area (Å²) in [5, 5.41) is 7.71. The highest BCUT2D eigenvalue weighted by Gasteiger charge is 2.33. The smallest absolute Gasteiger partial charge is 0.338 e. The highest BCUT2D eigenvalue weighted by atomic mass is 32.1. The molecule has 0 fully saturated rings. The molecule has 2 amide bonds. The van der Waals surface area contributed by atoms with Crippen LogP contribution in [0.4, 0.5) is 23.7 Å². The SMILES string of the molecule is Cc1csc(CCCNC(=O)Nc2ccccc2C(F)(F)F)n1. The monoisotopic (exact) mass is 343 g/mol. The number of para-hydroxylation sites is 1. The first-order valence-corrected chi connectivity index (χ1v) is 7.86. The molecule has 8 heteroatoms. The van der Waals surface area contributed by atoms with E-state index in [1.54, 1.807) is 11.3 Å². The van der Waals surface area contributed by atoms with Crippen molar-refractivity contribution in [1.82, 2.24) is 10.3 Å². The molecule has 0 radical (unpaired) electrons. The molecule has 0 aliphatic rings. The van der Waals surface area contributed by atoms with Crippen LogP contribution < -0.4 is 10.6 Å². The number of alkyl halides is 3. The molecule has 124 valence electrons. The number of nitrogens with zero attached hydrogens (tertiary/aromatic N) is 1. The second-order valence-electron chi connectivity index (χ2n) is 4.91. The Morgan fingerprint density at radius 3 is 2.70 bits per heavy atom. The maximum Gasteiger partial charge on any atom is 0.418 e. The maximum atomic E-state index is 12.8. The summed E-state index contributed by atoms with van der Waals surface area (Å²) in [5.74, 6) is 0. The summed E-state index contributed by atoms with van der Waals surface area (Å²) in [7, 11) is 0. The average molecular weight is 343 g/mol. The van der Waals surface area contributed by atoms with E-state index in [4.69, 9.17) is 0 Å². The van der Waals surface area contributed by atoms with Gasteiger partial charge in [-0.25, -0.2) is 9.78 Å². The summed E-state index contributed by atoms with van der Waals surface area (Å²) in [6, 6.07) is 4.22. The van der Waals surface area contributed by atoms with Crippen molar-refractivity contribution >= 4 is 23.1 Å². The number of amides is 2. The van der Waals surface area contributed by atoms with Gasteiger partial charge in [-0.2, -0.15) is 13.2 Å². The van der Waals surface area contributed by atoms with Gasteiger partial charge in [0.2, 0.25) is 0 Å². The molecule has 23 heavy (non-hydrogen) atoms. The first kappa shape index (κ1) is 17.3. The molecule has 0 saturated carbocycles. The van der Waals surface area contributed by atoms with E-state index < -0.39 is 17.8 Å². The Labute approximate surface area is 135 Å². The number of thiazole rings is 1.